The van der Waals surface area contributed by atoms with Crippen molar-refractivity contribution in [2.75, 3.05) is 6.61 Å². The lowest BCUT2D eigenvalue weighted by molar-refractivity contribution is 0.300. The van der Waals surface area contributed by atoms with E-state index in [2.05, 4.69) is 6.07 Å². The Morgan fingerprint density at radius 2 is 2.21 bits per heavy atom. The van der Waals surface area contributed by atoms with Gasteiger partial charge in [0.1, 0.15) is 5.75 Å². The number of imidazole rings is 1. The molecule has 98 valence electrons. The molecule has 19 heavy (non-hydrogen) atoms. The molecule has 0 aliphatic heterocycles. The summed E-state index contributed by atoms with van der Waals surface area (Å²) < 4.78 is 8.73. The van der Waals surface area contributed by atoms with E-state index in [1.165, 1.54) is 4.57 Å². The molecule has 0 spiro atoms. The van der Waals surface area contributed by atoms with Crippen molar-refractivity contribution in [2.45, 2.75) is 13.0 Å². The molecule has 5 nitrogen and oxygen atoms in total. The molecule has 0 amide bonds. The topological polar surface area (TPSA) is 59.9 Å². The van der Waals surface area contributed by atoms with Crippen LogP contribution in [0.15, 0.2) is 41.5 Å². The van der Waals surface area contributed by atoms with E-state index in [0.29, 0.717) is 24.5 Å². The third kappa shape index (κ3) is 3.26. The Hall–Kier alpha value is -2.48. The number of hydrogen-bond acceptors (Lipinski definition) is 3. The average molecular weight is 257 g/mol. The number of rotatable bonds is 5. The maximum Gasteiger partial charge on any atom is 0.327 e. The Morgan fingerprint density at radius 1 is 1.37 bits per heavy atom. The van der Waals surface area contributed by atoms with Crippen molar-refractivity contribution in [1.82, 2.24) is 9.13 Å². The normalized spacial score (nSPS) is 10.1. The summed E-state index contributed by atoms with van der Waals surface area (Å²) >= 11 is 0. The molecule has 0 unspecified atom stereocenters. The van der Waals surface area contributed by atoms with Crippen LogP contribution in [0, 0.1) is 11.3 Å². The maximum atomic E-state index is 11.6. The van der Waals surface area contributed by atoms with Crippen LogP contribution >= 0.6 is 0 Å². The molecule has 0 aliphatic carbocycles. The number of aryl methyl sites for hydroxylation is 2. The maximum absolute atomic E-state index is 11.6. The van der Waals surface area contributed by atoms with E-state index >= 15 is 0 Å². The number of ether oxygens (including phenoxy) is 1. The predicted octanol–water partition coefficient (Wildman–Crippen LogP) is 1.53. The average Bonchev–Trinajstić information content (AvgIpc) is 2.75. The van der Waals surface area contributed by atoms with Gasteiger partial charge in [-0.1, -0.05) is 6.07 Å². The SMILES string of the molecule is Cn1ccn(CCCOc2cccc(C#N)c2)c1=O. The summed E-state index contributed by atoms with van der Waals surface area (Å²) in [5, 5.41) is 8.77. The van der Waals surface area contributed by atoms with Gasteiger partial charge < -0.3 is 9.30 Å². The number of aromatic nitrogens is 2. The van der Waals surface area contributed by atoms with E-state index < -0.39 is 0 Å². The molecule has 0 fully saturated rings. The molecule has 0 atom stereocenters. The minimum atomic E-state index is -0.0218. The number of hydrogen-bond donors (Lipinski definition) is 0. The molecule has 2 aromatic rings. The van der Waals surface area contributed by atoms with Gasteiger partial charge in [0.2, 0.25) is 0 Å². The number of nitriles is 1. The fraction of sp³-hybridized carbons (Fsp3) is 0.286. The lowest BCUT2D eigenvalue weighted by atomic mass is 10.2. The lowest BCUT2D eigenvalue weighted by Crippen LogP contribution is -2.22. The third-order valence-electron chi connectivity index (χ3n) is 2.79. The molecule has 1 aromatic heterocycles. The molecule has 0 radical (unpaired) electrons. The minimum Gasteiger partial charge on any atom is -0.493 e. The van der Waals surface area contributed by atoms with Crippen molar-refractivity contribution in [2.24, 2.45) is 7.05 Å². The summed E-state index contributed by atoms with van der Waals surface area (Å²) in [5.41, 5.74) is 0.559. The van der Waals surface area contributed by atoms with E-state index in [1.807, 2.05) is 6.07 Å². The van der Waals surface area contributed by atoms with Gasteiger partial charge in [0.05, 0.1) is 18.2 Å². The highest BCUT2D eigenvalue weighted by molar-refractivity contribution is 5.36. The molecule has 0 N–H and O–H groups in total. The monoisotopic (exact) mass is 257 g/mol. The van der Waals surface area contributed by atoms with E-state index in [0.717, 1.165) is 6.42 Å². The Labute approximate surface area is 111 Å². The van der Waals surface area contributed by atoms with Gasteiger partial charge in [-0.15, -0.1) is 0 Å². The molecule has 0 bridgehead atoms. The van der Waals surface area contributed by atoms with Crippen LogP contribution in [-0.2, 0) is 13.6 Å². The second-order valence-electron chi connectivity index (χ2n) is 4.23. The largest absolute Gasteiger partial charge is 0.493 e. The van der Waals surface area contributed by atoms with Crippen molar-refractivity contribution in [1.29, 1.82) is 5.26 Å². The highest BCUT2D eigenvalue weighted by Crippen LogP contribution is 2.12. The zero-order valence-corrected chi connectivity index (χ0v) is 10.7. The van der Waals surface area contributed by atoms with E-state index in [1.54, 1.807) is 42.2 Å². The van der Waals surface area contributed by atoms with Crippen molar-refractivity contribution < 1.29 is 4.74 Å². The highest BCUT2D eigenvalue weighted by Gasteiger charge is 2.00. The lowest BCUT2D eigenvalue weighted by Gasteiger charge is -2.06. The second-order valence-corrected chi connectivity index (χ2v) is 4.23. The van der Waals surface area contributed by atoms with E-state index in [4.69, 9.17) is 10.00 Å². The van der Waals surface area contributed by atoms with Crippen molar-refractivity contribution in [3.63, 3.8) is 0 Å². The summed E-state index contributed by atoms with van der Waals surface area (Å²) in [5.74, 6) is 0.680. The van der Waals surface area contributed by atoms with Crippen molar-refractivity contribution in [3.05, 3.63) is 52.7 Å². The van der Waals surface area contributed by atoms with Crippen LogP contribution in [0.4, 0.5) is 0 Å². The smallest absolute Gasteiger partial charge is 0.327 e. The summed E-state index contributed by atoms with van der Waals surface area (Å²) in [6.07, 6.45) is 4.24. The van der Waals surface area contributed by atoms with Crippen LogP contribution in [0.3, 0.4) is 0 Å². The van der Waals surface area contributed by atoms with Gasteiger partial charge in [-0.3, -0.25) is 4.57 Å². The zero-order valence-electron chi connectivity index (χ0n) is 10.7. The number of benzene rings is 1. The summed E-state index contributed by atoms with van der Waals surface area (Å²) in [7, 11) is 1.72. The van der Waals surface area contributed by atoms with E-state index in [9.17, 15) is 4.79 Å². The van der Waals surface area contributed by atoms with Crippen LogP contribution in [0.2, 0.25) is 0 Å². The van der Waals surface area contributed by atoms with Crippen molar-refractivity contribution >= 4 is 0 Å². The highest BCUT2D eigenvalue weighted by atomic mass is 16.5. The molecule has 0 saturated carbocycles. The van der Waals surface area contributed by atoms with Crippen LogP contribution in [0.5, 0.6) is 5.75 Å². The number of nitrogens with zero attached hydrogens (tertiary/aromatic N) is 3. The molecule has 5 heteroatoms. The minimum absolute atomic E-state index is 0.0218. The second kappa shape index (κ2) is 5.91. The first-order chi connectivity index (χ1) is 9.20. The molecule has 1 heterocycles. The fourth-order valence-electron chi connectivity index (χ4n) is 1.76. The molecule has 2 rings (SSSR count). The molecule has 0 saturated heterocycles. The Balaban J connectivity index is 1.82. The van der Waals surface area contributed by atoms with Crippen molar-refractivity contribution in [3.8, 4) is 11.8 Å². The van der Waals surface area contributed by atoms with Gasteiger partial charge in [0.15, 0.2) is 0 Å². The molecular formula is C14H15N3O2. The van der Waals surface area contributed by atoms with Crippen LogP contribution in [-0.4, -0.2) is 15.7 Å². The molecular weight excluding hydrogens is 242 g/mol. The first kappa shape index (κ1) is 13.0. The quantitative estimate of drug-likeness (QED) is 0.763. The van der Waals surface area contributed by atoms with E-state index in [-0.39, 0.29) is 5.69 Å². The van der Waals surface area contributed by atoms with Crippen LogP contribution in [0.1, 0.15) is 12.0 Å². The molecule has 1 aromatic carbocycles. The van der Waals surface area contributed by atoms with Crippen LogP contribution < -0.4 is 10.4 Å². The first-order valence-electron chi connectivity index (χ1n) is 6.05. The summed E-state index contributed by atoms with van der Waals surface area (Å²) in [4.78, 5) is 11.6. The fourth-order valence-corrected chi connectivity index (χ4v) is 1.76. The predicted molar refractivity (Wildman–Crippen MR) is 70.9 cm³/mol. The third-order valence-corrected chi connectivity index (χ3v) is 2.79. The van der Waals surface area contributed by atoms with Gasteiger partial charge in [0, 0.05) is 26.0 Å². The summed E-state index contributed by atoms with van der Waals surface area (Å²) in [6.45, 7) is 1.13. The van der Waals surface area contributed by atoms with Gasteiger partial charge >= 0.3 is 5.69 Å². The van der Waals surface area contributed by atoms with Gasteiger partial charge in [-0.25, -0.2) is 4.79 Å². The summed E-state index contributed by atoms with van der Waals surface area (Å²) in [6, 6.07) is 9.10. The Kier molecular flexibility index (Phi) is 4.04. The van der Waals surface area contributed by atoms with Crippen LogP contribution in [0.25, 0.3) is 0 Å². The Bertz CT molecular complexity index is 649. The zero-order chi connectivity index (χ0) is 13.7. The first-order valence-corrected chi connectivity index (χ1v) is 6.05. The van der Waals surface area contributed by atoms with Gasteiger partial charge in [-0.2, -0.15) is 5.26 Å². The van der Waals surface area contributed by atoms with Gasteiger partial charge in [0.25, 0.3) is 0 Å². The Morgan fingerprint density at radius 3 is 2.89 bits per heavy atom. The molecule has 0 aliphatic rings. The van der Waals surface area contributed by atoms with Gasteiger partial charge in [-0.05, 0) is 24.6 Å². The standard InChI is InChI=1S/C14H15N3O2/c1-16-7-8-17(14(16)18)6-3-9-19-13-5-2-4-12(10-13)11-15/h2,4-5,7-8,10H,3,6,9H2,1H3.